The highest BCUT2D eigenvalue weighted by Crippen LogP contribution is 2.41. The Bertz CT molecular complexity index is 756. The van der Waals surface area contributed by atoms with Crippen LogP contribution in [0.4, 0.5) is 11.5 Å². The molecule has 1 saturated carbocycles. The lowest BCUT2D eigenvalue weighted by atomic mass is 10.1. The molecule has 0 aromatic carbocycles. The van der Waals surface area contributed by atoms with Gasteiger partial charge in [0, 0.05) is 39.1 Å². The lowest BCUT2D eigenvalue weighted by Crippen LogP contribution is -2.44. The molecule has 1 aliphatic carbocycles. The Labute approximate surface area is 147 Å². The predicted octanol–water partition coefficient (Wildman–Crippen LogP) is 1.70. The number of nitrogens with one attached hydrogen (secondary N) is 1. The molecule has 0 bridgehead atoms. The van der Waals surface area contributed by atoms with Gasteiger partial charge in [-0.3, -0.25) is 9.48 Å². The van der Waals surface area contributed by atoms with Gasteiger partial charge in [-0.15, -0.1) is 0 Å². The number of carbonyl (C=O) groups excluding carboxylic acids is 1. The van der Waals surface area contributed by atoms with E-state index in [9.17, 15) is 4.79 Å². The van der Waals surface area contributed by atoms with Crippen molar-refractivity contribution in [2.45, 2.75) is 18.8 Å². The first-order chi connectivity index (χ1) is 12.1. The molecular formula is C18H24N6O. The van der Waals surface area contributed by atoms with Crippen LogP contribution in [0.3, 0.4) is 0 Å². The van der Waals surface area contributed by atoms with Crippen molar-refractivity contribution in [3.63, 3.8) is 0 Å². The summed E-state index contributed by atoms with van der Waals surface area (Å²) in [5, 5.41) is 7.20. The standard InChI is InChI=1S/C18H24N6O/c1-22-7-9-24(10-8-22)16-6-5-14(11-19-16)21-18(25)15-12-20-23(2)17(15)13-3-4-13/h5-6,11-13H,3-4,7-10H2,1-2H3,(H,21,25). The Kier molecular flexibility index (Phi) is 4.17. The molecule has 132 valence electrons. The van der Waals surface area contributed by atoms with Gasteiger partial charge in [0.2, 0.25) is 0 Å². The molecule has 3 heterocycles. The van der Waals surface area contributed by atoms with E-state index in [1.165, 1.54) is 0 Å². The maximum absolute atomic E-state index is 12.6. The molecule has 0 unspecified atom stereocenters. The highest BCUT2D eigenvalue weighted by molar-refractivity contribution is 6.05. The molecular weight excluding hydrogens is 316 g/mol. The van der Waals surface area contributed by atoms with E-state index in [-0.39, 0.29) is 5.91 Å². The SMILES string of the molecule is CN1CCN(c2ccc(NC(=O)c3cnn(C)c3C3CC3)cn2)CC1. The number of anilines is 2. The fraction of sp³-hybridized carbons (Fsp3) is 0.500. The summed E-state index contributed by atoms with van der Waals surface area (Å²) >= 11 is 0. The number of rotatable bonds is 4. The molecule has 2 aromatic heterocycles. The van der Waals surface area contributed by atoms with E-state index in [4.69, 9.17) is 0 Å². The van der Waals surface area contributed by atoms with E-state index in [0.29, 0.717) is 17.2 Å². The van der Waals surface area contributed by atoms with Gasteiger partial charge in [0.1, 0.15) is 5.82 Å². The van der Waals surface area contributed by atoms with Gasteiger partial charge in [-0.25, -0.2) is 4.98 Å². The predicted molar refractivity (Wildman–Crippen MR) is 97.1 cm³/mol. The van der Waals surface area contributed by atoms with Crippen molar-refractivity contribution >= 4 is 17.4 Å². The monoisotopic (exact) mass is 340 g/mol. The first kappa shape index (κ1) is 16.1. The molecule has 2 aliphatic rings. The highest BCUT2D eigenvalue weighted by Gasteiger charge is 2.31. The number of pyridine rings is 1. The molecule has 7 heteroatoms. The summed E-state index contributed by atoms with van der Waals surface area (Å²) in [6, 6.07) is 3.90. The van der Waals surface area contributed by atoms with Crippen LogP contribution in [0.25, 0.3) is 0 Å². The topological polar surface area (TPSA) is 66.3 Å². The Morgan fingerprint density at radius 3 is 2.52 bits per heavy atom. The summed E-state index contributed by atoms with van der Waals surface area (Å²) in [6.07, 6.45) is 5.68. The van der Waals surface area contributed by atoms with E-state index in [1.54, 1.807) is 12.4 Å². The third kappa shape index (κ3) is 3.37. The van der Waals surface area contributed by atoms with Crippen LogP contribution in [-0.4, -0.2) is 58.8 Å². The van der Waals surface area contributed by atoms with Gasteiger partial charge in [-0.1, -0.05) is 0 Å². The zero-order valence-electron chi connectivity index (χ0n) is 14.8. The van der Waals surface area contributed by atoms with Crippen molar-refractivity contribution in [1.82, 2.24) is 19.7 Å². The van der Waals surface area contributed by atoms with Crippen molar-refractivity contribution < 1.29 is 4.79 Å². The maximum Gasteiger partial charge on any atom is 0.259 e. The molecule has 0 atom stereocenters. The van der Waals surface area contributed by atoms with Crippen molar-refractivity contribution in [1.29, 1.82) is 0 Å². The average molecular weight is 340 g/mol. The summed E-state index contributed by atoms with van der Waals surface area (Å²) < 4.78 is 1.82. The Morgan fingerprint density at radius 1 is 1.12 bits per heavy atom. The van der Waals surface area contributed by atoms with Crippen LogP contribution < -0.4 is 10.2 Å². The Hall–Kier alpha value is -2.41. The summed E-state index contributed by atoms with van der Waals surface area (Å²) in [5.74, 6) is 1.33. The van der Waals surface area contributed by atoms with Crippen LogP contribution in [0.1, 0.15) is 34.8 Å². The lowest BCUT2D eigenvalue weighted by Gasteiger charge is -2.33. The van der Waals surface area contributed by atoms with Gasteiger partial charge in [0.05, 0.1) is 29.3 Å². The summed E-state index contributed by atoms with van der Waals surface area (Å²) in [6.45, 7) is 4.06. The smallest absolute Gasteiger partial charge is 0.259 e. The van der Waals surface area contributed by atoms with Crippen LogP contribution in [-0.2, 0) is 7.05 Å². The number of aromatic nitrogens is 3. The van der Waals surface area contributed by atoms with E-state index >= 15 is 0 Å². The zero-order valence-corrected chi connectivity index (χ0v) is 14.8. The van der Waals surface area contributed by atoms with Crippen molar-refractivity contribution in [2.75, 3.05) is 43.4 Å². The number of hydrogen-bond donors (Lipinski definition) is 1. The van der Waals surface area contributed by atoms with Crippen LogP contribution in [0.5, 0.6) is 0 Å². The Balaban J connectivity index is 1.43. The minimum absolute atomic E-state index is 0.107. The number of nitrogens with zero attached hydrogens (tertiary/aromatic N) is 5. The van der Waals surface area contributed by atoms with Crippen molar-refractivity contribution in [3.05, 3.63) is 35.8 Å². The molecule has 0 spiro atoms. The number of likely N-dealkylation sites (N-methyl/N-ethyl adjacent to an activating group) is 1. The number of hydrogen-bond acceptors (Lipinski definition) is 5. The third-order valence-corrected chi connectivity index (χ3v) is 5.03. The number of carbonyl (C=O) groups is 1. The lowest BCUT2D eigenvalue weighted by molar-refractivity contribution is 0.102. The normalized spacial score (nSPS) is 18.4. The molecule has 4 rings (SSSR count). The van der Waals surface area contributed by atoms with Gasteiger partial charge in [-0.05, 0) is 32.0 Å². The Morgan fingerprint density at radius 2 is 1.88 bits per heavy atom. The summed E-state index contributed by atoms with van der Waals surface area (Å²) in [7, 11) is 4.04. The number of amides is 1. The molecule has 1 amide bonds. The van der Waals surface area contributed by atoms with E-state index < -0.39 is 0 Å². The second-order valence-electron chi connectivity index (χ2n) is 6.99. The van der Waals surface area contributed by atoms with Crippen LogP contribution in [0, 0.1) is 0 Å². The number of piperazine rings is 1. The molecule has 2 fully saturated rings. The fourth-order valence-corrected chi connectivity index (χ4v) is 3.34. The number of aryl methyl sites for hydroxylation is 1. The second kappa shape index (κ2) is 6.48. The van der Waals surface area contributed by atoms with Crippen LogP contribution in [0.15, 0.2) is 24.5 Å². The first-order valence-electron chi connectivity index (χ1n) is 8.84. The average Bonchev–Trinajstić information content (AvgIpc) is 3.38. The van der Waals surface area contributed by atoms with E-state index in [0.717, 1.165) is 50.5 Å². The minimum Gasteiger partial charge on any atom is -0.354 e. The van der Waals surface area contributed by atoms with Gasteiger partial charge >= 0.3 is 0 Å². The third-order valence-electron chi connectivity index (χ3n) is 5.03. The highest BCUT2D eigenvalue weighted by atomic mass is 16.1. The quantitative estimate of drug-likeness (QED) is 0.918. The molecule has 1 N–H and O–H groups in total. The fourth-order valence-electron chi connectivity index (χ4n) is 3.34. The van der Waals surface area contributed by atoms with Crippen molar-refractivity contribution in [2.24, 2.45) is 7.05 Å². The molecule has 1 saturated heterocycles. The molecule has 7 nitrogen and oxygen atoms in total. The maximum atomic E-state index is 12.6. The van der Waals surface area contributed by atoms with Crippen molar-refractivity contribution in [3.8, 4) is 0 Å². The van der Waals surface area contributed by atoms with Crippen LogP contribution in [0.2, 0.25) is 0 Å². The zero-order chi connectivity index (χ0) is 17.4. The van der Waals surface area contributed by atoms with Gasteiger partial charge in [0.15, 0.2) is 0 Å². The molecule has 1 aliphatic heterocycles. The second-order valence-corrected chi connectivity index (χ2v) is 6.99. The molecule has 25 heavy (non-hydrogen) atoms. The summed E-state index contributed by atoms with van der Waals surface area (Å²) in [4.78, 5) is 21.7. The largest absolute Gasteiger partial charge is 0.354 e. The van der Waals surface area contributed by atoms with Gasteiger partial charge < -0.3 is 15.1 Å². The van der Waals surface area contributed by atoms with E-state index in [1.807, 2.05) is 23.9 Å². The first-order valence-corrected chi connectivity index (χ1v) is 8.84. The van der Waals surface area contributed by atoms with Gasteiger partial charge in [-0.2, -0.15) is 5.10 Å². The van der Waals surface area contributed by atoms with Crippen LogP contribution >= 0.6 is 0 Å². The molecule has 2 aromatic rings. The molecule has 0 radical (unpaired) electrons. The summed E-state index contributed by atoms with van der Waals surface area (Å²) in [5.41, 5.74) is 2.43. The van der Waals surface area contributed by atoms with E-state index in [2.05, 4.69) is 32.2 Å². The minimum atomic E-state index is -0.107. The van der Waals surface area contributed by atoms with Gasteiger partial charge in [0.25, 0.3) is 5.91 Å².